The average molecular weight is 302 g/mol. The Morgan fingerprint density at radius 1 is 0.750 bits per heavy atom. The molecule has 2 aromatic rings. The molecule has 3 rings (SSSR count). The zero-order chi connectivity index (χ0) is 13.8. The molecule has 20 heavy (non-hydrogen) atoms. The van der Waals surface area contributed by atoms with Crippen molar-refractivity contribution >= 4 is 0 Å². The normalized spacial score (nSPS) is 10.4. The van der Waals surface area contributed by atoms with Crippen molar-refractivity contribution in [3.05, 3.63) is 85.0 Å². The minimum Gasteiger partial charge on any atom is -0.872 e. The summed E-state index contributed by atoms with van der Waals surface area (Å²) in [5.41, 5.74) is 0. The predicted octanol–water partition coefficient (Wildman–Crippen LogP) is 2.82. The van der Waals surface area contributed by atoms with Gasteiger partial charge in [-0.1, -0.05) is 60.7 Å². The van der Waals surface area contributed by atoms with Gasteiger partial charge < -0.3 is 10.2 Å². The van der Waals surface area contributed by atoms with Gasteiger partial charge in [-0.2, -0.15) is 6.08 Å². The van der Waals surface area contributed by atoms with Crippen molar-refractivity contribution in [1.29, 1.82) is 0 Å². The van der Waals surface area contributed by atoms with Crippen LogP contribution in [0.1, 0.15) is 6.42 Å². The maximum atomic E-state index is 10.3. The molecule has 2 aromatic carbocycles. The van der Waals surface area contributed by atoms with E-state index in [4.69, 9.17) is 0 Å². The molecule has 0 heterocycles. The molecule has 0 aliphatic heterocycles. The van der Waals surface area contributed by atoms with E-state index in [-0.39, 0.29) is 30.1 Å². The summed E-state index contributed by atoms with van der Waals surface area (Å²) >= 11 is 0. The summed E-state index contributed by atoms with van der Waals surface area (Å²) in [7, 11) is 0. The van der Waals surface area contributed by atoms with Crippen molar-refractivity contribution in [3.63, 3.8) is 0 Å². The molecular weight excluding hydrogens is 287 g/mol. The van der Waals surface area contributed by atoms with Gasteiger partial charge in [0.2, 0.25) is 0 Å². The van der Waals surface area contributed by atoms with Crippen molar-refractivity contribution in [2.75, 3.05) is 0 Å². The summed E-state index contributed by atoms with van der Waals surface area (Å²) in [6.45, 7) is 0. The number of hydrogen-bond donors (Lipinski definition) is 0. The summed E-state index contributed by atoms with van der Waals surface area (Å²) in [6, 6.07) is 16.7. The van der Waals surface area contributed by atoms with Crippen LogP contribution >= 0.6 is 0 Å². The monoisotopic (exact) mass is 302 g/mol. The van der Waals surface area contributed by atoms with Crippen LogP contribution in [0.3, 0.4) is 0 Å². The maximum Gasteiger partial charge on any atom is 2.00 e. The molecule has 0 amide bonds. The molecular formula is C17H15O2V-. The fraction of sp³-hybridized carbons (Fsp3) is 0.0588. The van der Waals surface area contributed by atoms with E-state index in [1.165, 1.54) is 24.3 Å². The summed E-state index contributed by atoms with van der Waals surface area (Å²) in [6.07, 6.45) is 10.0. The molecule has 0 saturated carbocycles. The van der Waals surface area contributed by atoms with Gasteiger partial charge >= 0.3 is 18.6 Å². The van der Waals surface area contributed by atoms with Crippen LogP contribution in [0.25, 0.3) is 0 Å². The van der Waals surface area contributed by atoms with Crippen LogP contribution in [0.4, 0.5) is 0 Å². The number of benzene rings is 2. The molecule has 1 aliphatic rings. The Hall–Kier alpha value is -1.90. The van der Waals surface area contributed by atoms with Crippen LogP contribution in [0.15, 0.2) is 78.9 Å². The third-order valence-corrected chi connectivity index (χ3v) is 2.07. The van der Waals surface area contributed by atoms with Crippen LogP contribution in [-0.2, 0) is 18.6 Å². The van der Waals surface area contributed by atoms with Crippen molar-refractivity contribution in [2.24, 2.45) is 0 Å². The minimum absolute atomic E-state index is 0. The fourth-order valence-electron chi connectivity index (χ4n) is 1.18. The van der Waals surface area contributed by atoms with Crippen molar-refractivity contribution in [2.45, 2.75) is 6.42 Å². The second-order valence-corrected chi connectivity index (χ2v) is 3.63. The zero-order valence-electron chi connectivity index (χ0n) is 11.0. The van der Waals surface area contributed by atoms with E-state index < -0.39 is 0 Å². The van der Waals surface area contributed by atoms with Gasteiger partial charge in [0.15, 0.2) is 0 Å². The number of hydrogen-bond acceptors (Lipinski definition) is 2. The van der Waals surface area contributed by atoms with Crippen molar-refractivity contribution in [1.82, 2.24) is 0 Å². The Labute approximate surface area is 132 Å². The van der Waals surface area contributed by atoms with Crippen LogP contribution in [0.5, 0.6) is 11.5 Å². The molecule has 2 nitrogen and oxygen atoms in total. The minimum atomic E-state index is 0. The van der Waals surface area contributed by atoms with Gasteiger partial charge in [-0.3, -0.25) is 6.08 Å². The molecule has 0 spiro atoms. The average Bonchev–Trinajstić information content (AvgIpc) is 3.00. The van der Waals surface area contributed by atoms with E-state index in [1.807, 2.05) is 24.3 Å². The van der Waals surface area contributed by atoms with Crippen LogP contribution in [-0.4, -0.2) is 0 Å². The molecule has 0 atom stereocenters. The molecule has 0 bridgehead atoms. The Bertz CT molecular complexity index is 445. The molecule has 1 aliphatic carbocycles. The SMILES string of the molecule is [C-]1=CC=CC1.[O-]c1ccccc1.[O-]c1ccccc1.[V+2]. The van der Waals surface area contributed by atoms with Gasteiger partial charge in [-0.05, 0) is 0 Å². The second-order valence-electron chi connectivity index (χ2n) is 3.63. The first-order valence-electron chi connectivity index (χ1n) is 5.95. The fourth-order valence-corrected chi connectivity index (χ4v) is 1.18. The Kier molecular flexibility index (Phi) is 11.0. The predicted molar refractivity (Wildman–Crippen MR) is 73.3 cm³/mol. The van der Waals surface area contributed by atoms with Crippen molar-refractivity contribution in [3.8, 4) is 11.5 Å². The van der Waals surface area contributed by atoms with E-state index in [0.717, 1.165) is 6.42 Å². The van der Waals surface area contributed by atoms with Crippen LogP contribution in [0.2, 0.25) is 0 Å². The first-order chi connectivity index (χ1) is 9.29. The molecule has 1 radical (unpaired) electrons. The molecule has 3 heteroatoms. The van der Waals surface area contributed by atoms with Gasteiger partial charge in [0.05, 0.1) is 0 Å². The van der Waals surface area contributed by atoms with E-state index in [1.54, 1.807) is 24.3 Å². The number of para-hydroxylation sites is 2. The first-order valence-corrected chi connectivity index (χ1v) is 5.95. The topological polar surface area (TPSA) is 46.1 Å². The molecule has 0 unspecified atom stereocenters. The summed E-state index contributed by atoms with van der Waals surface area (Å²) < 4.78 is 0. The van der Waals surface area contributed by atoms with E-state index in [0.29, 0.717) is 0 Å². The Morgan fingerprint density at radius 3 is 1.35 bits per heavy atom. The van der Waals surface area contributed by atoms with Crippen LogP contribution in [0, 0.1) is 6.08 Å². The van der Waals surface area contributed by atoms with E-state index in [2.05, 4.69) is 12.2 Å². The van der Waals surface area contributed by atoms with Crippen molar-refractivity contribution < 1.29 is 28.8 Å². The summed E-state index contributed by atoms with van der Waals surface area (Å²) in [5, 5.41) is 20.5. The zero-order valence-corrected chi connectivity index (χ0v) is 12.4. The second kappa shape index (κ2) is 12.2. The van der Waals surface area contributed by atoms with Crippen LogP contribution < -0.4 is 10.2 Å². The largest absolute Gasteiger partial charge is 2.00 e. The van der Waals surface area contributed by atoms with Gasteiger partial charge in [-0.15, -0.1) is 17.9 Å². The summed E-state index contributed by atoms with van der Waals surface area (Å²) in [4.78, 5) is 0. The molecule has 0 N–H and O–H groups in total. The smallest absolute Gasteiger partial charge is 0.872 e. The third kappa shape index (κ3) is 10.1. The summed E-state index contributed by atoms with van der Waals surface area (Å²) in [5.74, 6) is 0.144. The Balaban J connectivity index is 0.000000268. The maximum absolute atomic E-state index is 10.3. The van der Waals surface area contributed by atoms with Gasteiger partial charge in [-0.25, -0.2) is 12.2 Å². The molecule has 0 saturated heterocycles. The third-order valence-electron chi connectivity index (χ3n) is 2.07. The molecule has 0 fully saturated rings. The first kappa shape index (κ1) is 18.1. The standard InChI is InChI=1S/2C6H6O.C5H5.V/c2*7-6-4-2-1-3-5-6;1-2-4-5-3-1;/h2*1-5,7H;1-3H,4H2;/q;;-1;+2/p-2. The molecule has 101 valence electrons. The van der Waals surface area contributed by atoms with E-state index in [9.17, 15) is 10.2 Å². The molecule has 0 aromatic heterocycles. The number of rotatable bonds is 0. The van der Waals surface area contributed by atoms with Gasteiger partial charge in [0, 0.05) is 0 Å². The quantitative estimate of drug-likeness (QED) is 0.703. The van der Waals surface area contributed by atoms with E-state index >= 15 is 0 Å². The number of allylic oxidation sites excluding steroid dienone is 4. The van der Waals surface area contributed by atoms with Gasteiger partial charge in [0.25, 0.3) is 0 Å². The van der Waals surface area contributed by atoms with Gasteiger partial charge in [0.1, 0.15) is 0 Å². The Morgan fingerprint density at radius 2 is 1.20 bits per heavy atom.